The molecule has 0 bridgehead atoms. The zero-order chi connectivity index (χ0) is 21.9. The average Bonchev–Trinajstić information content (AvgIpc) is 2.69. The van der Waals surface area contributed by atoms with Crippen molar-refractivity contribution < 1.29 is 33.7 Å². The molecule has 0 fully saturated rings. The number of hydrogen-bond acceptors (Lipinski definition) is 8. The Kier molecular flexibility index (Phi) is 11.0. The van der Waals surface area contributed by atoms with E-state index in [1.807, 2.05) is 0 Å². The van der Waals surface area contributed by atoms with E-state index in [0.29, 0.717) is 5.56 Å². The maximum Gasteiger partial charge on any atom is 0.351 e. The predicted octanol–water partition coefficient (Wildman–Crippen LogP) is 3.20. The summed E-state index contributed by atoms with van der Waals surface area (Å²) in [5.41, 5.74) is -2.03. The third-order valence-electron chi connectivity index (χ3n) is 3.63. The highest BCUT2D eigenvalue weighted by Gasteiger charge is 2.54. The summed E-state index contributed by atoms with van der Waals surface area (Å²) in [5, 5.41) is 10.2. The van der Waals surface area contributed by atoms with Gasteiger partial charge in [0.2, 0.25) is 0 Å². The summed E-state index contributed by atoms with van der Waals surface area (Å²) in [7, 11) is 0. The van der Waals surface area contributed by atoms with Gasteiger partial charge in [-0.3, -0.25) is 0 Å². The van der Waals surface area contributed by atoms with E-state index in [0.717, 1.165) is 16.2 Å². The lowest BCUT2D eigenvalue weighted by Gasteiger charge is -2.31. The minimum atomic E-state index is -2.55. The predicted molar refractivity (Wildman–Crippen MR) is 113 cm³/mol. The topological polar surface area (TPSA) is 99.1 Å². The lowest BCUT2D eigenvalue weighted by Crippen LogP contribution is -2.52. The van der Waals surface area contributed by atoms with Gasteiger partial charge in [-0.15, -0.1) is 11.8 Å². The Bertz CT molecular complexity index is 700. The molecule has 1 unspecified atom stereocenters. The smallest absolute Gasteiger partial charge is 0.351 e. The fourth-order valence-electron chi connectivity index (χ4n) is 2.36. The van der Waals surface area contributed by atoms with Crippen LogP contribution in [0.4, 0.5) is 0 Å². The summed E-state index contributed by atoms with van der Waals surface area (Å²) in [4.78, 5) is 36.7. The molecule has 1 atom stereocenters. The van der Waals surface area contributed by atoms with Gasteiger partial charge in [-0.1, -0.05) is 34.1 Å². The second-order valence-corrected chi connectivity index (χ2v) is 7.68. The highest BCUT2D eigenvalue weighted by molar-refractivity contribution is 9.10. The molecular weight excluding hydrogens is 464 g/mol. The van der Waals surface area contributed by atoms with Crippen molar-refractivity contribution in [2.75, 3.05) is 25.6 Å². The number of hydrogen-bond donors (Lipinski definition) is 1. The van der Waals surface area contributed by atoms with Crippen molar-refractivity contribution in [1.29, 1.82) is 0 Å². The summed E-state index contributed by atoms with van der Waals surface area (Å²) in [6.07, 6.45) is 2.79. The highest BCUT2D eigenvalue weighted by atomic mass is 79.9. The van der Waals surface area contributed by atoms with E-state index in [1.54, 1.807) is 45.0 Å². The lowest BCUT2D eigenvalue weighted by atomic mass is 9.93. The molecule has 160 valence electrons. The van der Waals surface area contributed by atoms with Crippen LogP contribution in [0.25, 0.3) is 0 Å². The quantitative estimate of drug-likeness (QED) is 0.219. The fourth-order valence-corrected chi connectivity index (χ4v) is 3.81. The third kappa shape index (κ3) is 7.17. The Labute approximate surface area is 182 Å². The van der Waals surface area contributed by atoms with Crippen LogP contribution >= 0.6 is 27.7 Å². The second-order valence-electron chi connectivity index (χ2n) is 5.63. The molecule has 0 aliphatic rings. The Balaban J connectivity index is 3.26. The second kappa shape index (κ2) is 12.7. The Hall–Kier alpha value is -1.84. The molecule has 0 aliphatic carbocycles. The normalized spacial score (nSPS) is 12.4. The van der Waals surface area contributed by atoms with E-state index in [2.05, 4.69) is 15.9 Å². The Morgan fingerprint density at radius 3 is 2.03 bits per heavy atom. The Morgan fingerprint density at radius 2 is 1.55 bits per heavy atom. The summed E-state index contributed by atoms with van der Waals surface area (Å²) >= 11 is 4.43. The van der Waals surface area contributed by atoms with E-state index >= 15 is 0 Å². The number of aliphatic hydroxyl groups is 1. The van der Waals surface area contributed by atoms with Gasteiger partial charge in [0.25, 0.3) is 5.60 Å². The van der Waals surface area contributed by atoms with Crippen molar-refractivity contribution in [3.63, 3.8) is 0 Å². The summed E-state index contributed by atoms with van der Waals surface area (Å²) in [6, 6.07) is 6.82. The molecule has 0 saturated heterocycles. The van der Waals surface area contributed by atoms with Crippen LogP contribution in [0.5, 0.6) is 0 Å². The minimum Gasteiger partial charge on any atom is -0.463 e. The van der Waals surface area contributed by atoms with Crippen LogP contribution in [0.15, 0.2) is 40.9 Å². The van der Waals surface area contributed by atoms with Crippen LogP contribution < -0.4 is 0 Å². The number of thioether (sulfide) groups is 1. The number of benzene rings is 1. The first-order valence-electron chi connectivity index (χ1n) is 9.08. The van der Waals surface area contributed by atoms with Crippen LogP contribution in [0, 0.1) is 0 Å². The number of carbonyl (C=O) groups excluding carboxylic acids is 3. The van der Waals surface area contributed by atoms with Gasteiger partial charge >= 0.3 is 17.9 Å². The molecule has 1 rings (SSSR count). The largest absolute Gasteiger partial charge is 0.463 e. The van der Waals surface area contributed by atoms with Gasteiger partial charge in [-0.25, -0.2) is 14.4 Å². The summed E-state index contributed by atoms with van der Waals surface area (Å²) in [6.45, 7) is 5.08. The van der Waals surface area contributed by atoms with E-state index < -0.39 is 28.8 Å². The van der Waals surface area contributed by atoms with Gasteiger partial charge < -0.3 is 19.3 Å². The van der Waals surface area contributed by atoms with Crippen molar-refractivity contribution in [3.8, 4) is 0 Å². The molecule has 0 aliphatic heterocycles. The first-order valence-corrected chi connectivity index (χ1v) is 10.9. The maximum atomic E-state index is 12.6. The molecule has 0 aromatic heterocycles. The van der Waals surface area contributed by atoms with Gasteiger partial charge in [0.15, 0.2) is 0 Å². The molecule has 1 aromatic carbocycles. The lowest BCUT2D eigenvalue weighted by molar-refractivity contribution is -0.183. The summed E-state index contributed by atoms with van der Waals surface area (Å²) in [5.74, 6) is -2.46. The molecule has 0 amide bonds. The first-order chi connectivity index (χ1) is 13.8. The molecule has 7 nitrogen and oxygen atoms in total. The molecule has 0 saturated carbocycles. The number of carbonyl (C=O) groups is 3. The van der Waals surface area contributed by atoms with Crippen LogP contribution in [0.3, 0.4) is 0 Å². The maximum absolute atomic E-state index is 12.6. The molecule has 29 heavy (non-hydrogen) atoms. The van der Waals surface area contributed by atoms with Crippen molar-refractivity contribution in [2.24, 2.45) is 0 Å². The fraction of sp³-hybridized carbons (Fsp3) is 0.450. The van der Waals surface area contributed by atoms with Crippen LogP contribution in [0.1, 0.15) is 31.6 Å². The molecule has 0 spiro atoms. The van der Waals surface area contributed by atoms with Crippen LogP contribution in [-0.4, -0.2) is 54.2 Å². The van der Waals surface area contributed by atoms with Gasteiger partial charge in [-0.05, 0) is 38.5 Å². The van der Waals surface area contributed by atoms with E-state index in [-0.39, 0.29) is 25.6 Å². The highest BCUT2D eigenvalue weighted by Crippen LogP contribution is 2.41. The standard InChI is InChI=1S/C20H25BrO7S/c1-4-26-16(22)8-7-13-29-17(14-9-11-15(21)12-10-14)20(25,18(23)27-5-2)19(24)28-6-3/h7-12,17,25H,4-6,13H2,1-3H3/b8-7+. The van der Waals surface area contributed by atoms with Gasteiger partial charge in [0.05, 0.1) is 25.1 Å². The van der Waals surface area contributed by atoms with E-state index in [1.165, 1.54) is 12.2 Å². The van der Waals surface area contributed by atoms with Gasteiger partial charge in [0, 0.05) is 16.3 Å². The molecule has 1 aromatic rings. The Morgan fingerprint density at radius 1 is 1.03 bits per heavy atom. The molecule has 0 heterocycles. The number of rotatable bonds is 11. The third-order valence-corrected chi connectivity index (χ3v) is 5.49. The SMILES string of the molecule is CCOC(=O)/C=C/CSC(c1ccc(Br)cc1)C(O)(C(=O)OCC)C(=O)OCC. The monoisotopic (exact) mass is 488 g/mol. The first kappa shape index (κ1) is 25.2. The minimum absolute atomic E-state index is 0.0129. The number of esters is 3. The van der Waals surface area contributed by atoms with Crippen molar-refractivity contribution in [1.82, 2.24) is 0 Å². The zero-order valence-corrected chi connectivity index (χ0v) is 19.0. The van der Waals surface area contributed by atoms with Crippen molar-refractivity contribution >= 4 is 45.6 Å². The van der Waals surface area contributed by atoms with E-state index in [4.69, 9.17) is 14.2 Å². The van der Waals surface area contributed by atoms with Gasteiger partial charge in [-0.2, -0.15) is 0 Å². The van der Waals surface area contributed by atoms with Gasteiger partial charge in [0.1, 0.15) is 0 Å². The average molecular weight is 489 g/mol. The summed E-state index contributed by atoms with van der Waals surface area (Å²) < 4.78 is 15.6. The van der Waals surface area contributed by atoms with Crippen LogP contribution in [0.2, 0.25) is 0 Å². The van der Waals surface area contributed by atoms with Crippen molar-refractivity contribution in [2.45, 2.75) is 31.6 Å². The molecule has 0 radical (unpaired) electrons. The number of halogens is 1. The van der Waals surface area contributed by atoms with E-state index in [9.17, 15) is 19.5 Å². The zero-order valence-electron chi connectivity index (χ0n) is 16.6. The van der Waals surface area contributed by atoms with Crippen molar-refractivity contribution in [3.05, 3.63) is 46.5 Å². The molecular formula is C20H25BrO7S. The number of ether oxygens (including phenoxy) is 3. The molecule has 1 N–H and O–H groups in total. The molecule has 9 heteroatoms. The van der Waals surface area contributed by atoms with Crippen LogP contribution in [-0.2, 0) is 28.6 Å².